The number of carbonyl (C=O) groups is 2. The molecule has 25 heavy (non-hydrogen) atoms. The van der Waals surface area contributed by atoms with Gasteiger partial charge in [0.2, 0.25) is 0 Å². The summed E-state index contributed by atoms with van der Waals surface area (Å²) in [7, 11) is 2.49. The van der Waals surface area contributed by atoms with Crippen LogP contribution >= 0.6 is 0 Å². The quantitative estimate of drug-likeness (QED) is 0.644. The van der Waals surface area contributed by atoms with E-state index < -0.39 is 11.9 Å². The van der Waals surface area contributed by atoms with Crippen molar-refractivity contribution in [2.45, 2.75) is 26.1 Å². The summed E-state index contributed by atoms with van der Waals surface area (Å²) in [5, 5.41) is 2.89. The van der Waals surface area contributed by atoms with Crippen molar-refractivity contribution >= 4 is 23.3 Å². The normalized spacial score (nSPS) is 20.8. The molecule has 0 saturated carbocycles. The minimum atomic E-state index is -0.648. The second-order valence-electron chi connectivity index (χ2n) is 5.91. The van der Waals surface area contributed by atoms with Crippen molar-refractivity contribution in [2.75, 3.05) is 37.5 Å². The Labute approximate surface area is 147 Å². The Morgan fingerprint density at radius 3 is 2.24 bits per heavy atom. The molecule has 1 saturated heterocycles. The van der Waals surface area contributed by atoms with E-state index in [1.165, 1.54) is 14.2 Å². The molecule has 1 aromatic carbocycles. The van der Waals surface area contributed by atoms with E-state index in [0.29, 0.717) is 5.69 Å². The number of nitrogens with one attached hydrogen (secondary N) is 1. The maximum Gasteiger partial charge on any atom is 0.354 e. The number of esters is 2. The predicted octanol–water partition coefficient (Wildman–Crippen LogP) is 1.94. The van der Waals surface area contributed by atoms with E-state index in [9.17, 15) is 9.59 Å². The van der Waals surface area contributed by atoms with E-state index in [-0.39, 0.29) is 17.9 Å². The zero-order valence-corrected chi connectivity index (χ0v) is 14.9. The molecule has 1 aliphatic rings. The monoisotopic (exact) mass is 348 g/mol. The molecule has 1 N–H and O–H groups in total. The van der Waals surface area contributed by atoms with Gasteiger partial charge in [0.25, 0.3) is 0 Å². The minimum Gasteiger partial charge on any atom is -0.466 e. The number of carbonyl (C=O) groups excluding carboxylic acids is 2. The molecule has 0 spiro atoms. The highest BCUT2D eigenvalue weighted by Crippen LogP contribution is 2.23. The average Bonchev–Trinajstić information content (AvgIpc) is 2.60. The number of morpholine rings is 1. The Hall–Kier alpha value is -2.54. The van der Waals surface area contributed by atoms with Gasteiger partial charge in [0, 0.05) is 24.5 Å². The molecule has 7 heteroatoms. The van der Waals surface area contributed by atoms with E-state index in [2.05, 4.69) is 33.5 Å². The standard InChI is InChI=1S/C18H24N2O5/c1-12-10-20(11-13(2)25-12)15-7-5-14(6-8-15)19-16(18(22)24-4)9-17(21)23-3/h5-9,12-13,19H,10-11H2,1-4H3/b16-9+. The number of hydrogen-bond acceptors (Lipinski definition) is 7. The van der Waals surface area contributed by atoms with Crippen molar-refractivity contribution in [2.24, 2.45) is 0 Å². The molecule has 0 aliphatic carbocycles. The number of hydrogen-bond donors (Lipinski definition) is 1. The summed E-state index contributed by atoms with van der Waals surface area (Å²) in [5.74, 6) is -1.29. The smallest absolute Gasteiger partial charge is 0.354 e. The van der Waals surface area contributed by atoms with Gasteiger partial charge in [-0.25, -0.2) is 9.59 Å². The van der Waals surface area contributed by atoms with Gasteiger partial charge in [-0.1, -0.05) is 0 Å². The van der Waals surface area contributed by atoms with E-state index in [1.807, 2.05) is 24.3 Å². The second kappa shape index (κ2) is 8.53. The van der Waals surface area contributed by atoms with Gasteiger partial charge >= 0.3 is 11.9 Å². The van der Waals surface area contributed by atoms with Gasteiger partial charge < -0.3 is 24.4 Å². The van der Waals surface area contributed by atoms with Crippen LogP contribution in [0.2, 0.25) is 0 Å². The Balaban J connectivity index is 2.11. The molecule has 0 radical (unpaired) electrons. The third-order valence-electron chi connectivity index (χ3n) is 3.80. The summed E-state index contributed by atoms with van der Waals surface area (Å²) in [6, 6.07) is 7.60. The first kappa shape index (κ1) is 18.8. The SMILES string of the molecule is COC(=O)/C=C(/Nc1ccc(N2CC(C)OC(C)C2)cc1)C(=O)OC. The van der Waals surface area contributed by atoms with Gasteiger partial charge in [-0.05, 0) is 38.1 Å². The maximum atomic E-state index is 11.8. The summed E-state index contributed by atoms with van der Waals surface area (Å²) in [5.41, 5.74) is 1.75. The van der Waals surface area contributed by atoms with Crippen LogP contribution in [0.3, 0.4) is 0 Å². The average molecular weight is 348 g/mol. The number of benzene rings is 1. The number of anilines is 2. The van der Waals surface area contributed by atoms with Gasteiger partial charge in [0.05, 0.1) is 32.5 Å². The highest BCUT2D eigenvalue weighted by Gasteiger charge is 2.22. The lowest BCUT2D eigenvalue weighted by Crippen LogP contribution is -2.45. The van der Waals surface area contributed by atoms with Crippen molar-refractivity contribution < 1.29 is 23.8 Å². The summed E-state index contributed by atoms with van der Waals surface area (Å²) in [6.45, 7) is 5.76. The van der Waals surface area contributed by atoms with Gasteiger partial charge in [-0.3, -0.25) is 0 Å². The van der Waals surface area contributed by atoms with Gasteiger partial charge in [0.15, 0.2) is 0 Å². The fourth-order valence-corrected chi connectivity index (χ4v) is 2.73. The molecule has 0 amide bonds. The maximum absolute atomic E-state index is 11.8. The van der Waals surface area contributed by atoms with Crippen molar-refractivity contribution in [3.63, 3.8) is 0 Å². The molecule has 2 unspecified atom stereocenters. The van der Waals surface area contributed by atoms with Crippen molar-refractivity contribution in [3.8, 4) is 0 Å². The Morgan fingerprint density at radius 2 is 1.72 bits per heavy atom. The largest absolute Gasteiger partial charge is 0.466 e. The molecule has 1 heterocycles. The first-order valence-corrected chi connectivity index (χ1v) is 8.08. The summed E-state index contributed by atoms with van der Waals surface area (Å²) < 4.78 is 15.0. The fourth-order valence-electron chi connectivity index (χ4n) is 2.73. The van der Waals surface area contributed by atoms with E-state index in [4.69, 9.17) is 4.74 Å². The van der Waals surface area contributed by atoms with E-state index in [1.54, 1.807) is 0 Å². The van der Waals surface area contributed by atoms with Crippen LogP contribution in [-0.2, 0) is 23.8 Å². The molecule has 7 nitrogen and oxygen atoms in total. The molecule has 0 bridgehead atoms. The first-order chi connectivity index (χ1) is 11.9. The lowest BCUT2D eigenvalue weighted by molar-refractivity contribution is -0.138. The van der Waals surface area contributed by atoms with Crippen LogP contribution in [0, 0.1) is 0 Å². The number of ether oxygens (including phenoxy) is 3. The zero-order valence-electron chi connectivity index (χ0n) is 14.9. The lowest BCUT2D eigenvalue weighted by Gasteiger charge is -2.36. The summed E-state index contributed by atoms with van der Waals surface area (Å²) >= 11 is 0. The van der Waals surface area contributed by atoms with Crippen LogP contribution < -0.4 is 10.2 Å². The van der Waals surface area contributed by atoms with Crippen molar-refractivity contribution in [1.29, 1.82) is 0 Å². The van der Waals surface area contributed by atoms with Crippen LogP contribution in [0.1, 0.15) is 13.8 Å². The Morgan fingerprint density at radius 1 is 1.12 bits per heavy atom. The molecule has 2 rings (SSSR count). The van der Waals surface area contributed by atoms with E-state index >= 15 is 0 Å². The fraction of sp³-hybridized carbons (Fsp3) is 0.444. The molecular weight excluding hydrogens is 324 g/mol. The number of methoxy groups -OCH3 is 2. The summed E-state index contributed by atoms with van der Waals surface area (Å²) in [6.07, 6.45) is 1.41. The minimum absolute atomic E-state index is 0.00992. The van der Waals surface area contributed by atoms with Crippen LogP contribution in [0.4, 0.5) is 11.4 Å². The highest BCUT2D eigenvalue weighted by molar-refractivity contribution is 5.98. The Kier molecular flexibility index (Phi) is 6.41. The summed E-state index contributed by atoms with van der Waals surface area (Å²) in [4.78, 5) is 25.4. The number of nitrogens with zero attached hydrogens (tertiary/aromatic N) is 1. The van der Waals surface area contributed by atoms with Crippen molar-refractivity contribution in [3.05, 3.63) is 36.0 Å². The molecule has 1 fully saturated rings. The molecule has 136 valence electrons. The third kappa shape index (κ3) is 5.22. The van der Waals surface area contributed by atoms with Gasteiger partial charge in [-0.2, -0.15) is 0 Å². The third-order valence-corrected chi connectivity index (χ3v) is 3.80. The zero-order chi connectivity index (χ0) is 18.4. The highest BCUT2D eigenvalue weighted by atomic mass is 16.5. The molecule has 2 atom stereocenters. The van der Waals surface area contributed by atoms with Crippen LogP contribution in [0.25, 0.3) is 0 Å². The molecule has 0 aromatic heterocycles. The number of rotatable bonds is 5. The van der Waals surface area contributed by atoms with E-state index in [0.717, 1.165) is 24.9 Å². The molecule has 1 aliphatic heterocycles. The van der Waals surface area contributed by atoms with Gasteiger partial charge in [-0.15, -0.1) is 0 Å². The Bertz CT molecular complexity index is 631. The first-order valence-electron chi connectivity index (χ1n) is 8.08. The molecule has 1 aromatic rings. The van der Waals surface area contributed by atoms with Crippen LogP contribution in [-0.4, -0.2) is 51.5 Å². The predicted molar refractivity (Wildman–Crippen MR) is 94.4 cm³/mol. The van der Waals surface area contributed by atoms with Gasteiger partial charge in [0.1, 0.15) is 5.70 Å². The lowest BCUT2D eigenvalue weighted by atomic mass is 10.2. The topological polar surface area (TPSA) is 77.1 Å². The van der Waals surface area contributed by atoms with Crippen LogP contribution in [0.5, 0.6) is 0 Å². The van der Waals surface area contributed by atoms with Crippen LogP contribution in [0.15, 0.2) is 36.0 Å². The molecular formula is C18H24N2O5. The van der Waals surface area contributed by atoms with Crippen molar-refractivity contribution in [1.82, 2.24) is 0 Å². The second-order valence-corrected chi connectivity index (χ2v) is 5.91.